The first-order valence-electron chi connectivity index (χ1n) is 10.2. The Hall–Kier alpha value is -2.16. The summed E-state index contributed by atoms with van der Waals surface area (Å²) < 4.78 is 0. The van der Waals surface area contributed by atoms with E-state index in [-0.39, 0.29) is 0 Å². The van der Waals surface area contributed by atoms with Gasteiger partial charge in [0, 0.05) is 22.9 Å². The van der Waals surface area contributed by atoms with Crippen molar-refractivity contribution in [2.45, 2.75) is 64.2 Å². The van der Waals surface area contributed by atoms with E-state index in [9.17, 15) is 0 Å². The fourth-order valence-corrected chi connectivity index (χ4v) is 3.13. The SMILES string of the molecule is [CH2]CCCC[CH]c1cc(CCN=[N+]=[N-])c(CCN=[N+]=[N-])cc1[CH]CCCC[CH2]. The van der Waals surface area contributed by atoms with Crippen LogP contribution in [0.15, 0.2) is 22.4 Å². The molecule has 0 unspecified atom stereocenters. The molecule has 0 aromatic heterocycles. The standard InChI is InChI=1S/C22H32N6/c1-3-5-7-9-11-19-17-21(13-15-25-27-23)22(14-16-26-28-24)18-20(19)12-10-8-6-4-2/h11-12,17-18H,1-10,13-16H2. The van der Waals surface area contributed by atoms with Gasteiger partial charge in [-0.3, -0.25) is 0 Å². The van der Waals surface area contributed by atoms with E-state index in [0.717, 1.165) is 51.4 Å². The zero-order valence-electron chi connectivity index (χ0n) is 16.9. The monoisotopic (exact) mass is 380 g/mol. The average Bonchev–Trinajstić information content (AvgIpc) is 2.70. The van der Waals surface area contributed by atoms with Gasteiger partial charge in [0.15, 0.2) is 0 Å². The van der Waals surface area contributed by atoms with Crippen LogP contribution in [0, 0.1) is 26.7 Å². The van der Waals surface area contributed by atoms with Crippen molar-refractivity contribution in [1.29, 1.82) is 0 Å². The Labute approximate surface area is 170 Å². The lowest BCUT2D eigenvalue weighted by Crippen LogP contribution is -2.04. The fourth-order valence-electron chi connectivity index (χ4n) is 3.13. The smallest absolute Gasteiger partial charge is 0.0298 e. The van der Waals surface area contributed by atoms with Gasteiger partial charge >= 0.3 is 0 Å². The van der Waals surface area contributed by atoms with Crippen LogP contribution >= 0.6 is 0 Å². The highest BCUT2D eigenvalue weighted by molar-refractivity contribution is 5.45. The van der Waals surface area contributed by atoms with Crippen LogP contribution in [0.3, 0.4) is 0 Å². The lowest BCUT2D eigenvalue weighted by molar-refractivity contribution is 0.735. The van der Waals surface area contributed by atoms with Gasteiger partial charge in [-0.2, -0.15) is 0 Å². The van der Waals surface area contributed by atoms with E-state index in [1.165, 1.54) is 22.3 Å². The molecular formula is C22H32N6. The predicted octanol–water partition coefficient (Wildman–Crippen LogP) is 7.29. The zero-order chi connectivity index (χ0) is 20.5. The minimum atomic E-state index is 0.429. The van der Waals surface area contributed by atoms with Crippen molar-refractivity contribution in [3.63, 3.8) is 0 Å². The second kappa shape index (κ2) is 15.9. The van der Waals surface area contributed by atoms with Crippen LogP contribution in [0.5, 0.6) is 0 Å². The highest BCUT2D eigenvalue weighted by Crippen LogP contribution is 2.25. The van der Waals surface area contributed by atoms with Gasteiger partial charge in [-0.1, -0.05) is 74.7 Å². The van der Waals surface area contributed by atoms with Crippen molar-refractivity contribution in [2.24, 2.45) is 10.2 Å². The molecule has 4 radical (unpaired) electrons. The Morgan fingerprint density at radius 3 is 1.54 bits per heavy atom. The molecule has 1 aromatic carbocycles. The first kappa shape index (κ1) is 23.9. The predicted molar refractivity (Wildman–Crippen MR) is 116 cm³/mol. The molecule has 0 saturated heterocycles. The summed E-state index contributed by atoms with van der Waals surface area (Å²) >= 11 is 0. The van der Waals surface area contributed by atoms with Crippen molar-refractivity contribution < 1.29 is 0 Å². The van der Waals surface area contributed by atoms with E-state index >= 15 is 0 Å². The molecule has 28 heavy (non-hydrogen) atoms. The third-order valence-corrected chi connectivity index (χ3v) is 4.63. The van der Waals surface area contributed by atoms with E-state index in [2.05, 4.69) is 58.9 Å². The van der Waals surface area contributed by atoms with Crippen LogP contribution in [-0.2, 0) is 12.8 Å². The summed E-state index contributed by atoms with van der Waals surface area (Å²) in [6.45, 7) is 8.68. The molecule has 1 rings (SSSR count). The lowest BCUT2D eigenvalue weighted by atomic mass is 9.90. The Morgan fingerprint density at radius 1 is 0.750 bits per heavy atom. The number of hydrogen-bond donors (Lipinski definition) is 0. The molecule has 0 aliphatic heterocycles. The van der Waals surface area contributed by atoms with Gasteiger partial charge < -0.3 is 0 Å². The summed E-state index contributed by atoms with van der Waals surface area (Å²) in [6, 6.07) is 4.44. The van der Waals surface area contributed by atoms with Crippen molar-refractivity contribution >= 4 is 0 Å². The molecule has 6 nitrogen and oxygen atoms in total. The number of nitrogens with zero attached hydrogens (tertiary/aromatic N) is 6. The van der Waals surface area contributed by atoms with Gasteiger partial charge in [-0.15, -0.1) is 0 Å². The summed E-state index contributed by atoms with van der Waals surface area (Å²) in [6.07, 6.45) is 14.5. The summed E-state index contributed by atoms with van der Waals surface area (Å²) in [4.78, 5) is 5.71. The van der Waals surface area contributed by atoms with E-state index in [1.54, 1.807) is 0 Å². The minimum absolute atomic E-state index is 0.429. The molecule has 0 N–H and O–H groups in total. The summed E-state index contributed by atoms with van der Waals surface area (Å²) in [5.74, 6) is 0. The molecule has 1 aromatic rings. The van der Waals surface area contributed by atoms with E-state index in [4.69, 9.17) is 11.1 Å². The van der Waals surface area contributed by atoms with Crippen LogP contribution in [-0.4, -0.2) is 13.1 Å². The quantitative estimate of drug-likeness (QED) is 0.124. The Bertz CT molecular complexity index is 600. The van der Waals surface area contributed by atoms with Crippen LogP contribution in [0.1, 0.15) is 73.6 Å². The minimum Gasteiger partial charge on any atom is -0.0936 e. The Morgan fingerprint density at radius 2 is 1.18 bits per heavy atom. The first-order valence-corrected chi connectivity index (χ1v) is 10.2. The lowest BCUT2D eigenvalue weighted by Gasteiger charge is -2.16. The third kappa shape index (κ3) is 9.68. The molecule has 0 spiro atoms. The van der Waals surface area contributed by atoms with Gasteiger partial charge in [-0.05, 0) is 71.8 Å². The molecule has 0 atom stereocenters. The van der Waals surface area contributed by atoms with E-state index in [0.29, 0.717) is 25.9 Å². The number of unbranched alkanes of at least 4 members (excludes halogenated alkanes) is 6. The zero-order valence-corrected chi connectivity index (χ0v) is 16.9. The maximum absolute atomic E-state index is 8.58. The third-order valence-electron chi connectivity index (χ3n) is 4.63. The molecule has 0 heterocycles. The van der Waals surface area contributed by atoms with E-state index < -0.39 is 0 Å². The molecular weight excluding hydrogens is 348 g/mol. The molecule has 0 bridgehead atoms. The average molecular weight is 381 g/mol. The Balaban J connectivity index is 3.04. The molecule has 0 fully saturated rings. The van der Waals surface area contributed by atoms with Crippen LogP contribution in [0.25, 0.3) is 20.9 Å². The second-order valence-corrected chi connectivity index (χ2v) is 6.77. The van der Waals surface area contributed by atoms with Gasteiger partial charge in [0.1, 0.15) is 0 Å². The topological polar surface area (TPSA) is 97.5 Å². The molecule has 0 amide bonds. The molecule has 0 saturated carbocycles. The first-order chi connectivity index (χ1) is 13.8. The molecule has 150 valence electrons. The summed E-state index contributed by atoms with van der Waals surface area (Å²) in [5.41, 5.74) is 22.0. The van der Waals surface area contributed by atoms with Gasteiger partial charge in [0.05, 0.1) is 0 Å². The largest absolute Gasteiger partial charge is 0.0936 e. The molecule has 6 heteroatoms. The maximum Gasteiger partial charge on any atom is 0.0298 e. The maximum atomic E-state index is 8.58. The fraction of sp³-hybridized carbons (Fsp3) is 0.545. The van der Waals surface area contributed by atoms with Crippen LogP contribution < -0.4 is 0 Å². The van der Waals surface area contributed by atoms with Crippen molar-refractivity contribution in [1.82, 2.24) is 0 Å². The van der Waals surface area contributed by atoms with Crippen LogP contribution in [0.2, 0.25) is 0 Å². The van der Waals surface area contributed by atoms with Crippen molar-refractivity contribution in [2.75, 3.05) is 13.1 Å². The number of hydrogen-bond acceptors (Lipinski definition) is 2. The highest BCUT2D eigenvalue weighted by Gasteiger charge is 2.11. The van der Waals surface area contributed by atoms with Gasteiger partial charge in [0.2, 0.25) is 0 Å². The molecule has 0 aliphatic carbocycles. The highest BCUT2D eigenvalue weighted by atomic mass is 15.1. The number of azide groups is 2. The van der Waals surface area contributed by atoms with Crippen molar-refractivity contribution in [3.05, 3.63) is 82.0 Å². The molecule has 0 aliphatic rings. The summed E-state index contributed by atoms with van der Waals surface area (Å²) in [7, 11) is 0. The van der Waals surface area contributed by atoms with Gasteiger partial charge in [-0.25, -0.2) is 0 Å². The van der Waals surface area contributed by atoms with Gasteiger partial charge in [0.25, 0.3) is 0 Å². The number of benzene rings is 1. The van der Waals surface area contributed by atoms with Crippen LogP contribution in [0.4, 0.5) is 0 Å². The number of rotatable bonds is 16. The normalized spacial score (nSPS) is 10.4. The summed E-state index contributed by atoms with van der Waals surface area (Å²) in [5, 5.41) is 7.36. The Kier molecular flexibility index (Phi) is 13.5. The van der Waals surface area contributed by atoms with Crippen molar-refractivity contribution in [3.8, 4) is 0 Å². The van der Waals surface area contributed by atoms with E-state index in [1.807, 2.05) is 0 Å². The second-order valence-electron chi connectivity index (χ2n) is 6.77.